The van der Waals surface area contributed by atoms with Crippen LogP contribution < -0.4 is 15.8 Å². The first-order chi connectivity index (χ1) is 15.3. The van der Waals surface area contributed by atoms with E-state index in [-0.39, 0.29) is 18.0 Å². The Bertz CT molecular complexity index is 1180. The lowest BCUT2D eigenvalue weighted by Crippen LogP contribution is -2.26. The van der Waals surface area contributed by atoms with E-state index in [0.717, 1.165) is 5.56 Å². The van der Waals surface area contributed by atoms with Crippen molar-refractivity contribution < 1.29 is 22.7 Å². The van der Waals surface area contributed by atoms with Crippen molar-refractivity contribution in [2.24, 2.45) is 5.73 Å². The molecule has 3 N–H and O–H groups in total. The number of hydrogen-bond acceptors (Lipinski definition) is 5. The van der Waals surface area contributed by atoms with Gasteiger partial charge in [-0.25, -0.2) is 8.42 Å². The number of carbonyl (C=O) groups excluding carboxylic acids is 2. The van der Waals surface area contributed by atoms with E-state index in [1.54, 1.807) is 12.1 Å². The van der Waals surface area contributed by atoms with Crippen LogP contribution in [-0.4, -0.2) is 38.2 Å². The average molecular weight is 454 g/mol. The largest absolute Gasteiger partial charge is 0.484 e. The molecule has 3 aromatic rings. The minimum absolute atomic E-state index is 0.127. The van der Waals surface area contributed by atoms with Gasteiger partial charge in [0, 0.05) is 24.8 Å². The van der Waals surface area contributed by atoms with Gasteiger partial charge in [0.05, 0.1) is 4.90 Å². The second-order valence-corrected chi connectivity index (χ2v) is 9.04. The van der Waals surface area contributed by atoms with Crippen molar-refractivity contribution >= 4 is 27.5 Å². The average Bonchev–Trinajstić information content (AvgIpc) is 2.79. The number of primary amides is 1. The minimum Gasteiger partial charge on any atom is -0.484 e. The zero-order valence-electron chi connectivity index (χ0n) is 17.4. The van der Waals surface area contributed by atoms with Crippen LogP contribution in [0.2, 0.25) is 0 Å². The fourth-order valence-corrected chi connectivity index (χ4v) is 4.04. The summed E-state index contributed by atoms with van der Waals surface area (Å²) in [4.78, 5) is 23.3. The molecule has 0 aliphatic carbocycles. The van der Waals surface area contributed by atoms with Crippen molar-refractivity contribution in [2.45, 2.75) is 11.4 Å². The van der Waals surface area contributed by atoms with E-state index in [4.69, 9.17) is 10.5 Å². The van der Waals surface area contributed by atoms with Crippen molar-refractivity contribution in [1.82, 2.24) is 4.31 Å². The fourth-order valence-electron chi connectivity index (χ4n) is 2.88. The molecule has 0 spiro atoms. The van der Waals surface area contributed by atoms with Gasteiger partial charge in [0.15, 0.2) is 6.61 Å². The SMILES string of the molecule is CN(Cc1ccccc1)S(=O)(=O)c1ccc(OCC(=O)Nc2ccc(C(N)=O)cc2)cc1. The quantitative estimate of drug-likeness (QED) is 0.516. The van der Waals surface area contributed by atoms with Gasteiger partial charge in [-0.15, -0.1) is 0 Å². The molecule has 3 aromatic carbocycles. The highest BCUT2D eigenvalue weighted by Crippen LogP contribution is 2.20. The molecule has 0 unspecified atom stereocenters. The van der Waals surface area contributed by atoms with E-state index in [9.17, 15) is 18.0 Å². The van der Waals surface area contributed by atoms with Gasteiger partial charge in [-0.1, -0.05) is 30.3 Å². The van der Waals surface area contributed by atoms with E-state index in [2.05, 4.69) is 5.32 Å². The third kappa shape index (κ3) is 5.93. The van der Waals surface area contributed by atoms with Crippen molar-refractivity contribution in [2.75, 3.05) is 19.0 Å². The fraction of sp³-hybridized carbons (Fsp3) is 0.130. The molecule has 0 saturated carbocycles. The summed E-state index contributed by atoms with van der Waals surface area (Å²) in [6.45, 7) is -0.0143. The van der Waals surface area contributed by atoms with Crippen molar-refractivity contribution in [3.8, 4) is 5.75 Å². The molecule has 8 nitrogen and oxygen atoms in total. The predicted molar refractivity (Wildman–Crippen MR) is 121 cm³/mol. The number of amides is 2. The highest BCUT2D eigenvalue weighted by atomic mass is 32.2. The number of anilines is 1. The first kappa shape index (κ1) is 23.0. The number of sulfonamides is 1. The lowest BCUT2D eigenvalue weighted by atomic mass is 10.2. The van der Waals surface area contributed by atoms with Crippen LogP contribution in [-0.2, 0) is 21.4 Å². The van der Waals surface area contributed by atoms with Crippen LogP contribution in [0.5, 0.6) is 5.75 Å². The Hall–Kier alpha value is -3.69. The molecule has 0 aliphatic heterocycles. The second-order valence-electron chi connectivity index (χ2n) is 7.00. The Morgan fingerprint density at radius 1 is 0.938 bits per heavy atom. The zero-order chi connectivity index (χ0) is 23.1. The second kappa shape index (κ2) is 10.1. The minimum atomic E-state index is -3.67. The van der Waals surface area contributed by atoms with Crippen LogP contribution >= 0.6 is 0 Å². The molecule has 2 amide bonds. The maximum Gasteiger partial charge on any atom is 0.262 e. The highest BCUT2D eigenvalue weighted by Gasteiger charge is 2.21. The monoisotopic (exact) mass is 453 g/mol. The molecule has 3 rings (SSSR count). The third-order valence-corrected chi connectivity index (χ3v) is 6.42. The standard InChI is InChI=1S/C23H23N3O5S/c1-26(15-17-5-3-2-4-6-17)32(29,30)21-13-11-20(12-14-21)31-16-22(27)25-19-9-7-18(8-10-19)23(24)28/h2-14H,15-16H2,1H3,(H2,24,28)(H,25,27). The van der Waals surface area contributed by atoms with Gasteiger partial charge in [-0.3, -0.25) is 9.59 Å². The predicted octanol–water partition coefficient (Wildman–Crippen LogP) is 2.62. The van der Waals surface area contributed by atoms with Crippen molar-refractivity contribution in [3.05, 3.63) is 90.0 Å². The maximum atomic E-state index is 12.8. The maximum absolute atomic E-state index is 12.8. The van der Waals surface area contributed by atoms with Gasteiger partial charge >= 0.3 is 0 Å². The molecule has 0 radical (unpaired) electrons. The number of nitrogens with one attached hydrogen (secondary N) is 1. The highest BCUT2D eigenvalue weighted by molar-refractivity contribution is 7.89. The van der Waals surface area contributed by atoms with Crippen LogP contribution in [0.25, 0.3) is 0 Å². The molecule has 0 bridgehead atoms. The number of benzene rings is 3. The normalized spacial score (nSPS) is 11.2. The Balaban J connectivity index is 1.55. The molecule has 166 valence electrons. The molecule has 0 aliphatic rings. The smallest absolute Gasteiger partial charge is 0.262 e. The van der Waals surface area contributed by atoms with Gasteiger partial charge < -0.3 is 15.8 Å². The Morgan fingerprint density at radius 2 is 1.56 bits per heavy atom. The van der Waals surface area contributed by atoms with Crippen LogP contribution in [0.4, 0.5) is 5.69 Å². The summed E-state index contributed by atoms with van der Waals surface area (Å²) < 4.78 is 32.3. The summed E-state index contributed by atoms with van der Waals surface area (Å²) in [5.41, 5.74) is 6.89. The Morgan fingerprint density at radius 3 is 2.16 bits per heavy atom. The van der Waals surface area contributed by atoms with E-state index in [1.807, 2.05) is 30.3 Å². The van der Waals surface area contributed by atoms with E-state index in [1.165, 1.54) is 47.8 Å². The molecule has 32 heavy (non-hydrogen) atoms. The molecular formula is C23H23N3O5S. The first-order valence-corrected chi connectivity index (χ1v) is 11.1. The number of rotatable bonds is 9. The lowest BCUT2D eigenvalue weighted by molar-refractivity contribution is -0.118. The van der Waals surface area contributed by atoms with Gasteiger partial charge in [-0.2, -0.15) is 4.31 Å². The zero-order valence-corrected chi connectivity index (χ0v) is 18.2. The van der Waals surface area contributed by atoms with E-state index in [0.29, 0.717) is 17.0 Å². The molecule has 9 heteroatoms. The van der Waals surface area contributed by atoms with E-state index < -0.39 is 21.8 Å². The Kier molecular flexibility index (Phi) is 7.24. The molecule has 0 heterocycles. The van der Waals surface area contributed by atoms with Gasteiger partial charge in [0.1, 0.15) is 5.75 Å². The first-order valence-electron chi connectivity index (χ1n) is 9.68. The number of nitrogens with zero attached hydrogens (tertiary/aromatic N) is 1. The lowest BCUT2D eigenvalue weighted by Gasteiger charge is -2.17. The Labute approximate surface area is 186 Å². The molecule has 0 fully saturated rings. The number of carbonyl (C=O) groups is 2. The van der Waals surface area contributed by atoms with Gasteiger partial charge in [-0.05, 0) is 54.1 Å². The van der Waals surface area contributed by atoms with Crippen molar-refractivity contribution in [1.29, 1.82) is 0 Å². The number of nitrogens with two attached hydrogens (primary N) is 1. The summed E-state index contributed by atoms with van der Waals surface area (Å²) in [7, 11) is -2.15. The van der Waals surface area contributed by atoms with Crippen LogP contribution in [0.15, 0.2) is 83.8 Å². The molecule has 0 atom stereocenters. The summed E-state index contributed by atoms with van der Waals surface area (Å²) in [5.74, 6) is -0.604. The summed E-state index contributed by atoms with van der Waals surface area (Å²) in [5, 5.41) is 2.63. The molecular weight excluding hydrogens is 430 g/mol. The topological polar surface area (TPSA) is 119 Å². The molecule has 0 aromatic heterocycles. The van der Waals surface area contributed by atoms with Crippen LogP contribution in [0.3, 0.4) is 0 Å². The van der Waals surface area contributed by atoms with Gasteiger partial charge in [0.25, 0.3) is 5.91 Å². The van der Waals surface area contributed by atoms with Crippen LogP contribution in [0, 0.1) is 0 Å². The van der Waals surface area contributed by atoms with E-state index >= 15 is 0 Å². The van der Waals surface area contributed by atoms with Gasteiger partial charge in [0.2, 0.25) is 15.9 Å². The summed E-state index contributed by atoms with van der Waals surface area (Å²) in [6.07, 6.45) is 0. The summed E-state index contributed by atoms with van der Waals surface area (Å²) >= 11 is 0. The molecule has 0 saturated heterocycles. The number of hydrogen-bond donors (Lipinski definition) is 2. The van der Waals surface area contributed by atoms with Crippen LogP contribution in [0.1, 0.15) is 15.9 Å². The van der Waals surface area contributed by atoms with Crippen molar-refractivity contribution in [3.63, 3.8) is 0 Å². The summed E-state index contributed by atoms with van der Waals surface area (Å²) in [6, 6.07) is 21.3. The third-order valence-electron chi connectivity index (χ3n) is 4.60. The number of ether oxygens (including phenoxy) is 1.